The highest BCUT2D eigenvalue weighted by Crippen LogP contribution is 2.40. The Hall–Kier alpha value is -2.14. The number of anilines is 1. The molecule has 0 unspecified atom stereocenters. The van der Waals surface area contributed by atoms with Crippen LogP contribution in [0.2, 0.25) is 5.02 Å². The number of carbonyl (C=O) groups excluding carboxylic acids is 2. The molecule has 5 nitrogen and oxygen atoms in total. The Kier molecular flexibility index (Phi) is 3.74. The third kappa shape index (κ3) is 2.41. The molecule has 2 heterocycles. The molecule has 0 N–H and O–H groups in total. The van der Waals surface area contributed by atoms with Gasteiger partial charge >= 0.3 is 0 Å². The van der Waals surface area contributed by atoms with E-state index < -0.39 is 0 Å². The lowest BCUT2D eigenvalue weighted by Gasteiger charge is -2.30. The Morgan fingerprint density at radius 2 is 2.14 bits per heavy atom. The minimum Gasteiger partial charge on any atom is -0.307 e. The van der Waals surface area contributed by atoms with E-state index in [0.717, 1.165) is 22.5 Å². The predicted octanol–water partition coefficient (Wildman–Crippen LogP) is 3.05. The molecule has 1 aromatic heterocycles. The first-order valence-corrected chi connectivity index (χ1v) is 7.53. The van der Waals surface area contributed by atoms with Crippen molar-refractivity contribution in [1.82, 2.24) is 9.78 Å². The zero-order valence-electron chi connectivity index (χ0n) is 12.5. The number of carbonyl (C=O) groups is 2. The van der Waals surface area contributed by atoms with Gasteiger partial charge in [0, 0.05) is 22.6 Å². The molecule has 0 spiro atoms. The monoisotopic (exact) mass is 317 g/mol. The van der Waals surface area contributed by atoms with Gasteiger partial charge in [-0.1, -0.05) is 18.5 Å². The highest BCUT2D eigenvalue weighted by Gasteiger charge is 2.29. The molecule has 114 valence electrons. The van der Waals surface area contributed by atoms with Gasteiger partial charge in [0.25, 0.3) is 0 Å². The largest absolute Gasteiger partial charge is 0.307 e. The van der Waals surface area contributed by atoms with E-state index in [4.69, 9.17) is 11.6 Å². The summed E-state index contributed by atoms with van der Waals surface area (Å²) in [6.45, 7) is 4.05. The molecule has 1 aliphatic rings. The van der Waals surface area contributed by atoms with Crippen molar-refractivity contribution >= 4 is 29.0 Å². The second-order valence-corrected chi connectivity index (χ2v) is 5.81. The van der Waals surface area contributed by atoms with E-state index in [-0.39, 0.29) is 18.2 Å². The highest BCUT2D eigenvalue weighted by atomic mass is 35.5. The van der Waals surface area contributed by atoms with Gasteiger partial charge in [-0.3, -0.25) is 14.3 Å². The van der Waals surface area contributed by atoms with Gasteiger partial charge in [0.05, 0.1) is 30.7 Å². The van der Waals surface area contributed by atoms with Gasteiger partial charge in [-0.25, -0.2) is 0 Å². The summed E-state index contributed by atoms with van der Waals surface area (Å²) < 4.78 is 1.68. The zero-order chi connectivity index (χ0) is 15.9. The number of fused-ring (bicyclic) bond motifs is 3. The predicted molar refractivity (Wildman–Crippen MR) is 84.8 cm³/mol. The molecule has 0 aliphatic carbocycles. The van der Waals surface area contributed by atoms with Crippen LogP contribution in [0.4, 0.5) is 5.69 Å². The molecule has 0 saturated heterocycles. The van der Waals surface area contributed by atoms with Crippen LogP contribution in [0.1, 0.15) is 25.8 Å². The van der Waals surface area contributed by atoms with Crippen LogP contribution in [0, 0.1) is 0 Å². The van der Waals surface area contributed by atoms with Crippen molar-refractivity contribution < 1.29 is 9.59 Å². The molecule has 1 aliphatic heterocycles. The molecule has 0 saturated carbocycles. The molecule has 3 rings (SSSR count). The molecular weight excluding hydrogens is 302 g/mol. The summed E-state index contributed by atoms with van der Waals surface area (Å²) >= 11 is 6.13. The Balaban J connectivity index is 2.18. The van der Waals surface area contributed by atoms with Crippen LogP contribution in [-0.2, 0) is 22.7 Å². The normalized spacial score (nSPS) is 12.8. The van der Waals surface area contributed by atoms with Gasteiger partial charge in [-0.2, -0.15) is 5.10 Å². The van der Waals surface area contributed by atoms with E-state index >= 15 is 0 Å². The SMILES string of the molecule is CCC(=O)N1Cc2cnn(CC(C)=O)c2-c2cc(Cl)ccc21. The van der Waals surface area contributed by atoms with E-state index in [9.17, 15) is 9.59 Å². The number of benzene rings is 1. The molecule has 2 aromatic rings. The summed E-state index contributed by atoms with van der Waals surface area (Å²) in [5.74, 6) is 0.0788. The number of ketones is 1. The van der Waals surface area contributed by atoms with Gasteiger partial charge in [-0.15, -0.1) is 0 Å². The lowest BCUT2D eigenvalue weighted by molar-refractivity contribution is -0.119. The highest BCUT2D eigenvalue weighted by molar-refractivity contribution is 6.31. The summed E-state index contributed by atoms with van der Waals surface area (Å²) in [4.78, 5) is 25.4. The maximum Gasteiger partial charge on any atom is 0.227 e. The smallest absolute Gasteiger partial charge is 0.227 e. The molecule has 1 amide bonds. The minimum absolute atomic E-state index is 0.0292. The second-order valence-electron chi connectivity index (χ2n) is 5.37. The van der Waals surface area contributed by atoms with Crippen molar-refractivity contribution in [3.05, 3.63) is 35.0 Å². The van der Waals surface area contributed by atoms with Gasteiger partial charge in [0.15, 0.2) is 5.78 Å². The van der Waals surface area contributed by atoms with Crippen LogP contribution < -0.4 is 4.90 Å². The fraction of sp³-hybridized carbons (Fsp3) is 0.312. The van der Waals surface area contributed by atoms with E-state index in [0.29, 0.717) is 18.0 Å². The number of Topliss-reactive ketones (excluding diaryl/α,β-unsaturated/α-hetero) is 1. The van der Waals surface area contributed by atoms with Crippen LogP contribution in [0.5, 0.6) is 0 Å². The number of hydrogen-bond acceptors (Lipinski definition) is 3. The maximum atomic E-state index is 12.2. The number of amides is 1. The van der Waals surface area contributed by atoms with Crippen molar-refractivity contribution in [2.45, 2.75) is 33.4 Å². The Labute approximate surface area is 133 Å². The number of halogens is 1. The minimum atomic E-state index is 0.0292. The molecule has 0 atom stereocenters. The van der Waals surface area contributed by atoms with Crippen molar-refractivity contribution in [2.24, 2.45) is 0 Å². The van der Waals surface area contributed by atoms with E-state index in [1.54, 1.807) is 21.8 Å². The molecule has 1 aromatic carbocycles. The number of nitrogens with zero attached hydrogens (tertiary/aromatic N) is 3. The van der Waals surface area contributed by atoms with Crippen LogP contribution >= 0.6 is 11.6 Å². The van der Waals surface area contributed by atoms with Crippen LogP contribution in [0.15, 0.2) is 24.4 Å². The maximum absolute atomic E-state index is 12.2. The van der Waals surface area contributed by atoms with Crippen molar-refractivity contribution in [3.63, 3.8) is 0 Å². The van der Waals surface area contributed by atoms with Gasteiger partial charge in [0.1, 0.15) is 0 Å². The van der Waals surface area contributed by atoms with Crippen molar-refractivity contribution in [1.29, 1.82) is 0 Å². The third-order valence-corrected chi connectivity index (χ3v) is 3.96. The summed E-state index contributed by atoms with van der Waals surface area (Å²) in [6, 6.07) is 5.44. The first kappa shape index (κ1) is 14.8. The number of hydrogen-bond donors (Lipinski definition) is 0. The van der Waals surface area contributed by atoms with Crippen molar-refractivity contribution in [2.75, 3.05) is 4.90 Å². The van der Waals surface area contributed by atoms with Crippen LogP contribution in [0.3, 0.4) is 0 Å². The lowest BCUT2D eigenvalue weighted by Crippen LogP contribution is -2.32. The molecular formula is C16H16ClN3O2. The first-order valence-electron chi connectivity index (χ1n) is 7.15. The first-order chi connectivity index (χ1) is 10.5. The van der Waals surface area contributed by atoms with E-state index in [1.165, 1.54) is 6.92 Å². The second kappa shape index (κ2) is 5.57. The third-order valence-electron chi connectivity index (χ3n) is 3.72. The van der Waals surface area contributed by atoms with Crippen molar-refractivity contribution in [3.8, 4) is 11.3 Å². The van der Waals surface area contributed by atoms with Gasteiger partial charge < -0.3 is 4.90 Å². The standard InChI is InChI=1S/C16H16ClN3O2/c1-3-15(22)19-9-11-7-18-20(8-10(2)21)16(11)13-6-12(17)4-5-14(13)19/h4-7H,3,8-9H2,1-2H3. The van der Waals surface area contributed by atoms with Crippen LogP contribution in [-0.4, -0.2) is 21.5 Å². The lowest BCUT2D eigenvalue weighted by atomic mass is 9.99. The Morgan fingerprint density at radius 1 is 1.36 bits per heavy atom. The van der Waals surface area contributed by atoms with E-state index in [2.05, 4.69) is 5.10 Å². The molecule has 6 heteroatoms. The van der Waals surface area contributed by atoms with Gasteiger partial charge in [0.2, 0.25) is 5.91 Å². The van der Waals surface area contributed by atoms with Gasteiger partial charge in [-0.05, 0) is 25.1 Å². The summed E-state index contributed by atoms with van der Waals surface area (Å²) in [7, 11) is 0. The number of rotatable bonds is 3. The average molecular weight is 318 g/mol. The quantitative estimate of drug-likeness (QED) is 0.874. The summed E-state index contributed by atoms with van der Waals surface area (Å²) in [5, 5.41) is 4.89. The molecule has 22 heavy (non-hydrogen) atoms. The Morgan fingerprint density at radius 3 is 2.82 bits per heavy atom. The molecule has 0 radical (unpaired) electrons. The Bertz CT molecular complexity index is 767. The molecule has 0 fully saturated rings. The van der Waals surface area contributed by atoms with Crippen LogP contribution in [0.25, 0.3) is 11.3 Å². The van der Waals surface area contributed by atoms with E-state index in [1.807, 2.05) is 19.1 Å². The topological polar surface area (TPSA) is 55.2 Å². The fourth-order valence-electron chi connectivity index (χ4n) is 2.78. The summed E-state index contributed by atoms with van der Waals surface area (Å²) in [6.07, 6.45) is 2.15. The average Bonchev–Trinajstić information content (AvgIpc) is 2.87. The fourth-order valence-corrected chi connectivity index (χ4v) is 2.96. The number of aromatic nitrogens is 2. The zero-order valence-corrected chi connectivity index (χ0v) is 13.2. The summed E-state index contributed by atoms with van der Waals surface area (Å²) in [5.41, 5.74) is 3.45. The molecule has 0 bridgehead atoms.